The second-order valence-corrected chi connectivity index (χ2v) is 6.62. The minimum Gasteiger partial charge on any atom is -0.497 e. The van der Waals surface area contributed by atoms with E-state index in [0.29, 0.717) is 25.3 Å². The van der Waals surface area contributed by atoms with Gasteiger partial charge in [0.2, 0.25) is 5.91 Å². The fraction of sp³-hybridized carbons (Fsp3) is 0.556. The highest BCUT2D eigenvalue weighted by Gasteiger charge is 2.31. The van der Waals surface area contributed by atoms with Crippen molar-refractivity contribution in [2.75, 3.05) is 57.9 Å². The average Bonchev–Trinajstić information content (AvgIpc) is 3.02. The lowest BCUT2D eigenvalue weighted by Crippen LogP contribution is -3.14. The molecule has 0 aromatic heterocycles. The fourth-order valence-corrected chi connectivity index (χ4v) is 3.33. The molecule has 2 heterocycles. The van der Waals surface area contributed by atoms with Gasteiger partial charge < -0.3 is 29.9 Å². The zero-order chi connectivity index (χ0) is 18.4. The zero-order valence-corrected chi connectivity index (χ0v) is 15.1. The lowest BCUT2D eigenvalue weighted by Gasteiger charge is -2.23. The summed E-state index contributed by atoms with van der Waals surface area (Å²) in [6.07, 6.45) is 0.305. The van der Waals surface area contributed by atoms with Crippen LogP contribution in [0.5, 0.6) is 5.75 Å². The Morgan fingerprint density at radius 2 is 2.19 bits per heavy atom. The number of nitrogens with zero attached hydrogens (tertiary/aromatic N) is 1. The summed E-state index contributed by atoms with van der Waals surface area (Å²) in [7, 11) is 1.60. The monoisotopic (exact) mass is 363 g/mol. The number of ether oxygens (including phenoxy) is 2. The maximum absolute atomic E-state index is 12.3. The number of anilines is 1. The molecular formula is C18H27N4O4+. The van der Waals surface area contributed by atoms with Gasteiger partial charge in [-0.2, -0.15) is 0 Å². The van der Waals surface area contributed by atoms with Crippen molar-refractivity contribution >= 4 is 17.6 Å². The van der Waals surface area contributed by atoms with Crippen LogP contribution >= 0.6 is 0 Å². The molecule has 2 aliphatic heterocycles. The lowest BCUT2D eigenvalue weighted by atomic mass is 10.2. The standard InChI is InChI=1S/C18H26N4O4/c1-25-16-4-2-3-15(12-16)22-13-14(11-17(22)23)20-18(24)19-5-6-21-7-9-26-10-8-21/h2-4,12,14H,5-11,13H2,1H3,(H2,19,20,24)/p+1/t14-/m0/s1. The Kier molecular flexibility index (Phi) is 6.30. The molecule has 0 aliphatic carbocycles. The van der Waals surface area contributed by atoms with Crippen LogP contribution in [0.1, 0.15) is 6.42 Å². The molecule has 0 spiro atoms. The van der Waals surface area contributed by atoms with Gasteiger partial charge in [0.1, 0.15) is 18.8 Å². The average molecular weight is 363 g/mol. The van der Waals surface area contributed by atoms with E-state index in [0.717, 1.165) is 38.5 Å². The second-order valence-electron chi connectivity index (χ2n) is 6.62. The number of quaternary nitrogens is 1. The molecule has 3 rings (SSSR count). The topological polar surface area (TPSA) is 84.3 Å². The number of hydrogen-bond acceptors (Lipinski definition) is 4. The van der Waals surface area contributed by atoms with E-state index in [1.807, 2.05) is 24.3 Å². The zero-order valence-electron chi connectivity index (χ0n) is 15.1. The number of methoxy groups -OCH3 is 1. The largest absolute Gasteiger partial charge is 0.497 e. The van der Waals surface area contributed by atoms with E-state index in [1.54, 1.807) is 12.0 Å². The molecule has 0 bridgehead atoms. The summed E-state index contributed by atoms with van der Waals surface area (Å²) in [6.45, 7) is 5.50. The number of benzene rings is 1. The van der Waals surface area contributed by atoms with E-state index in [-0.39, 0.29) is 18.0 Å². The van der Waals surface area contributed by atoms with Crippen LogP contribution in [0.3, 0.4) is 0 Å². The van der Waals surface area contributed by atoms with E-state index < -0.39 is 0 Å². The number of hydrogen-bond donors (Lipinski definition) is 3. The Bertz CT molecular complexity index is 633. The molecule has 26 heavy (non-hydrogen) atoms. The summed E-state index contributed by atoms with van der Waals surface area (Å²) in [6, 6.07) is 6.97. The molecule has 2 aliphatic rings. The van der Waals surface area contributed by atoms with Gasteiger partial charge in [0.25, 0.3) is 0 Å². The molecular weight excluding hydrogens is 336 g/mol. The van der Waals surface area contributed by atoms with Gasteiger partial charge in [0.05, 0.1) is 39.5 Å². The molecule has 1 aromatic carbocycles. The predicted octanol–water partition coefficient (Wildman–Crippen LogP) is -0.985. The molecule has 1 aromatic rings. The maximum atomic E-state index is 12.3. The fourth-order valence-electron chi connectivity index (χ4n) is 3.33. The molecule has 142 valence electrons. The second kappa shape index (κ2) is 8.86. The van der Waals surface area contributed by atoms with E-state index in [9.17, 15) is 9.59 Å². The number of carbonyl (C=O) groups is 2. The Morgan fingerprint density at radius 1 is 1.38 bits per heavy atom. The van der Waals surface area contributed by atoms with Crippen LogP contribution in [0.2, 0.25) is 0 Å². The van der Waals surface area contributed by atoms with Gasteiger partial charge in [-0.25, -0.2) is 4.79 Å². The van der Waals surface area contributed by atoms with Crippen LogP contribution < -0.4 is 25.2 Å². The quantitative estimate of drug-likeness (QED) is 0.606. The third-order valence-corrected chi connectivity index (χ3v) is 4.79. The number of urea groups is 1. The minimum absolute atomic E-state index is 0.00122. The molecule has 3 N–H and O–H groups in total. The van der Waals surface area contributed by atoms with E-state index in [1.165, 1.54) is 4.90 Å². The number of rotatable bonds is 6. The third-order valence-electron chi connectivity index (χ3n) is 4.79. The van der Waals surface area contributed by atoms with E-state index in [4.69, 9.17) is 9.47 Å². The first-order valence-corrected chi connectivity index (χ1v) is 9.06. The first kappa shape index (κ1) is 18.5. The highest BCUT2D eigenvalue weighted by Crippen LogP contribution is 2.25. The van der Waals surface area contributed by atoms with Crippen molar-refractivity contribution in [2.45, 2.75) is 12.5 Å². The maximum Gasteiger partial charge on any atom is 0.315 e. The van der Waals surface area contributed by atoms with E-state index in [2.05, 4.69) is 10.6 Å². The van der Waals surface area contributed by atoms with Crippen molar-refractivity contribution in [2.24, 2.45) is 0 Å². The summed E-state index contributed by atoms with van der Waals surface area (Å²) in [4.78, 5) is 27.5. The van der Waals surface area contributed by atoms with Crippen molar-refractivity contribution in [1.82, 2.24) is 10.6 Å². The van der Waals surface area contributed by atoms with Crippen LogP contribution in [0.4, 0.5) is 10.5 Å². The van der Waals surface area contributed by atoms with Crippen LogP contribution in [0, 0.1) is 0 Å². The number of morpholine rings is 1. The number of amides is 3. The van der Waals surface area contributed by atoms with Crippen molar-refractivity contribution in [3.63, 3.8) is 0 Å². The van der Waals surface area contributed by atoms with Crippen LogP contribution in [-0.2, 0) is 9.53 Å². The highest BCUT2D eigenvalue weighted by atomic mass is 16.5. The van der Waals surface area contributed by atoms with Crippen molar-refractivity contribution < 1.29 is 24.0 Å². The van der Waals surface area contributed by atoms with Crippen molar-refractivity contribution in [3.8, 4) is 5.75 Å². The molecule has 8 heteroatoms. The van der Waals surface area contributed by atoms with Crippen LogP contribution in [0.25, 0.3) is 0 Å². The summed E-state index contributed by atoms with van der Waals surface area (Å²) in [5, 5.41) is 5.78. The van der Waals surface area contributed by atoms with Gasteiger partial charge in [0, 0.05) is 24.7 Å². The Balaban J connectivity index is 1.43. The Labute approximate surface area is 153 Å². The lowest BCUT2D eigenvalue weighted by molar-refractivity contribution is -0.906. The van der Waals surface area contributed by atoms with Gasteiger partial charge in [-0.1, -0.05) is 6.07 Å². The molecule has 8 nitrogen and oxygen atoms in total. The predicted molar refractivity (Wildman–Crippen MR) is 96.7 cm³/mol. The first-order valence-electron chi connectivity index (χ1n) is 9.06. The smallest absolute Gasteiger partial charge is 0.315 e. The normalized spacial score (nSPS) is 20.9. The molecule has 2 saturated heterocycles. The minimum atomic E-state index is -0.219. The Morgan fingerprint density at radius 3 is 2.96 bits per heavy atom. The summed E-state index contributed by atoms with van der Waals surface area (Å²) in [5.74, 6) is 0.705. The molecule has 2 fully saturated rings. The molecule has 0 saturated carbocycles. The van der Waals surface area contributed by atoms with Gasteiger partial charge in [0.15, 0.2) is 0 Å². The number of carbonyl (C=O) groups excluding carboxylic acids is 2. The van der Waals surface area contributed by atoms with Crippen molar-refractivity contribution in [3.05, 3.63) is 24.3 Å². The number of nitrogens with one attached hydrogen (secondary N) is 3. The molecule has 1 atom stereocenters. The molecule has 0 radical (unpaired) electrons. The SMILES string of the molecule is COc1cccc(N2C[C@@H](NC(=O)NCC[NH+]3CCOCC3)CC2=O)c1. The van der Waals surface area contributed by atoms with E-state index >= 15 is 0 Å². The third kappa shape index (κ3) is 4.86. The van der Waals surface area contributed by atoms with Crippen molar-refractivity contribution in [1.29, 1.82) is 0 Å². The van der Waals surface area contributed by atoms with Gasteiger partial charge in [-0.3, -0.25) is 4.79 Å². The summed E-state index contributed by atoms with van der Waals surface area (Å²) in [5.41, 5.74) is 0.787. The van der Waals surface area contributed by atoms with Gasteiger partial charge in [-0.15, -0.1) is 0 Å². The first-order chi connectivity index (χ1) is 12.7. The summed E-state index contributed by atoms with van der Waals surface area (Å²) >= 11 is 0. The highest BCUT2D eigenvalue weighted by molar-refractivity contribution is 5.97. The Hall–Kier alpha value is -2.32. The van der Waals surface area contributed by atoms with Crippen LogP contribution in [-0.4, -0.2) is 71.0 Å². The molecule has 3 amide bonds. The van der Waals surface area contributed by atoms with Gasteiger partial charge >= 0.3 is 6.03 Å². The molecule has 0 unspecified atom stereocenters. The van der Waals surface area contributed by atoms with Gasteiger partial charge in [-0.05, 0) is 12.1 Å². The van der Waals surface area contributed by atoms with Crippen LogP contribution in [0.15, 0.2) is 24.3 Å². The summed E-state index contributed by atoms with van der Waals surface area (Å²) < 4.78 is 10.5.